The van der Waals surface area contributed by atoms with Crippen LogP contribution in [0, 0.1) is 5.82 Å². The summed E-state index contributed by atoms with van der Waals surface area (Å²) < 4.78 is 13.7. The highest BCUT2D eigenvalue weighted by Crippen LogP contribution is 2.26. The van der Waals surface area contributed by atoms with Crippen LogP contribution in [-0.2, 0) is 0 Å². The number of aromatic amines is 1. The molecule has 1 atom stereocenters. The van der Waals surface area contributed by atoms with Gasteiger partial charge in [0.15, 0.2) is 0 Å². The molecule has 1 heterocycles. The minimum atomic E-state index is -0.607. The molecule has 0 saturated carbocycles. The van der Waals surface area contributed by atoms with Crippen molar-refractivity contribution < 1.29 is 9.50 Å². The summed E-state index contributed by atoms with van der Waals surface area (Å²) >= 11 is 0. The van der Waals surface area contributed by atoms with E-state index in [1.54, 1.807) is 6.07 Å². The normalized spacial score (nSPS) is 12.3. The Morgan fingerprint density at radius 2 is 2.15 bits per heavy atom. The molecule has 0 amide bonds. The van der Waals surface area contributed by atoms with Gasteiger partial charge in [0.1, 0.15) is 17.2 Å². The first-order valence-electron chi connectivity index (χ1n) is 6.38. The van der Waals surface area contributed by atoms with Crippen molar-refractivity contribution in [1.29, 1.82) is 0 Å². The second-order valence-electron chi connectivity index (χ2n) is 4.52. The Kier molecular flexibility index (Phi) is 4.14. The zero-order valence-corrected chi connectivity index (χ0v) is 11.1. The van der Waals surface area contributed by atoms with Crippen LogP contribution in [-0.4, -0.2) is 15.1 Å². The largest absolute Gasteiger partial charge is 0.493 e. The van der Waals surface area contributed by atoms with Crippen LogP contribution in [0.1, 0.15) is 31.6 Å². The fourth-order valence-corrected chi connectivity index (χ4v) is 2.01. The highest BCUT2D eigenvalue weighted by molar-refractivity contribution is 5.67. The third-order valence-corrected chi connectivity index (χ3v) is 3.01. The molecule has 4 N–H and O–H groups in total. The Balaban J connectivity index is 2.53. The van der Waals surface area contributed by atoms with E-state index < -0.39 is 23.3 Å². The molecule has 5 nitrogen and oxygen atoms in total. The van der Waals surface area contributed by atoms with Gasteiger partial charge < -0.3 is 15.8 Å². The molecule has 2 rings (SSSR count). The molecule has 1 aromatic carbocycles. The smallest absolute Gasteiger partial charge is 0.262 e. The Labute approximate surface area is 115 Å². The lowest BCUT2D eigenvalue weighted by atomic mass is 10.1. The van der Waals surface area contributed by atoms with Crippen molar-refractivity contribution in [3.8, 4) is 17.0 Å². The van der Waals surface area contributed by atoms with E-state index in [-0.39, 0.29) is 17.0 Å². The van der Waals surface area contributed by atoms with Crippen LogP contribution in [0.4, 0.5) is 4.39 Å². The summed E-state index contributed by atoms with van der Waals surface area (Å²) in [6.45, 7) is 1.95. The van der Waals surface area contributed by atoms with E-state index in [9.17, 15) is 14.3 Å². The lowest BCUT2D eigenvalue weighted by molar-refractivity contribution is 0.444. The van der Waals surface area contributed by atoms with E-state index in [1.165, 1.54) is 18.2 Å². The highest BCUT2D eigenvalue weighted by Gasteiger charge is 2.18. The highest BCUT2D eigenvalue weighted by atomic mass is 19.1. The minimum absolute atomic E-state index is 0.00867. The molecule has 0 fully saturated rings. The van der Waals surface area contributed by atoms with Gasteiger partial charge >= 0.3 is 0 Å². The average molecular weight is 277 g/mol. The quantitative estimate of drug-likeness (QED) is 0.797. The van der Waals surface area contributed by atoms with E-state index in [4.69, 9.17) is 5.73 Å². The van der Waals surface area contributed by atoms with Crippen molar-refractivity contribution in [2.24, 2.45) is 5.73 Å². The molecule has 0 spiro atoms. The number of aromatic nitrogens is 2. The third kappa shape index (κ3) is 2.70. The fraction of sp³-hybridized carbons (Fsp3) is 0.286. The van der Waals surface area contributed by atoms with Gasteiger partial charge in [0.25, 0.3) is 5.56 Å². The fourth-order valence-electron chi connectivity index (χ4n) is 2.01. The van der Waals surface area contributed by atoms with Gasteiger partial charge in [-0.3, -0.25) is 4.79 Å². The molecule has 1 aromatic heterocycles. The first-order chi connectivity index (χ1) is 9.54. The first-order valence-corrected chi connectivity index (χ1v) is 6.38. The Morgan fingerprint density at radius 3 is 2.75 bits per heavy atom. The average Bonchev–Trinajstić information content (AvgIpc) is 2.40. The molecule has 0 aliphatic rings. The number of nitrogens with two attached hydrogens (primary N) is 1. The maximum atomic E-state index is 13.7. The van der Waals surface area contributed by atoms with Gasteiger partial charge in [0, 0.05) is 5.56 Å². The predicted molar refractivity (Wildman–Crippen MR) is 73.8 cm³/mol. The van der Waals surface area contributed by atoms with Crippen LogP contribution in [0.5, 0.6) is 5.88 Å². The third-order valence-electron chi connectivity index (χ3n) is 3.01. The Morgan fingerprint density at radius 1 is 1.45 bits per heavy atom. The van der Waals surface area contributed by atoms with Crippen LogP contribution in [0.2, 0.25) is 0 Å². The Bertz CT molecular complexity index is 670. The zero-order valence-electron chi connectivity index (χ0n) is 11.1. The van der Waals surface area contributed by atoms with Crippen LogP contribution < -0.4 is 11.3 Å². The van der Waals surface area contributed by atoms with Crippen LogP contribution in [0.3, 0.4) is 0 Å². The van der Waals surface area contributed by atoms with Gasteiger partial charge in [-0.15, -0.1) is 0 Å². The number of rotatable bonds is 4. The molecule has 2 aromatic rings. The van der Waals surface area contributed by atoms with Crippen LogP contribution >= 0.6 is 0 Å². The summed E-state index contributed by atoms with van der Waals surface area (Å²) in [4.78, 5) is 18.4. The molecule has 0 bridgehead atoms. The van der Waals surface area contributed by atoms with Crippen molar-refractivity contribution in [2.45, 2.75) is 25.8 Å². The monoisotopic (exact) mass is 277 g/mol. The number of hydrogen-bond acceptors (Lipinski definition) is 4. The SMILES string of the molecule is CCCC(N)c1nc(O)c(-c2ccccc2F)c(=O)[nH]1. The van der Waals surface area contributed by atoms with Gasteiger partial charge in [0.2, 0.25) is 5.88 Å². The maximum Gasteiger partial charge on any atom is 0.262 e. The molecular formula is C14H16FN3O2. The van der Waals surface area contributed by atoms with Gasteiger partial charge in [-0.25, -0.2) is 4.39 Å². The molecule has 106 valence electrons. The lowest BCUT2D eigenvalue weighted by Gasteiger charge is -2.11. The standard InChI is InChI=1S/C14H16FN3O2/c1-2-5-10(16)12-17-13(19)11(14(20)18-12)8-6-3-4-7-9(8)15/h3-4,6-7,10H,2,5,16H2,1H3,(H2,17,18,19,20). The number of aromatic hydroxyl groups is 1. The zero-order chi connectivity index (χ0) is 14.7. The second kappa shape index (κ2) is 5.83. The van der Waals surface area contributed by atoms with Gasteiger partial charge in [-0.1, -0.05) is 31.5 Å². The molecule has 6 heteroatoms. The van der Waals surface area contributed by atoms with Gasteiger partial charge in [-0.2, -0.15) is 4.98 Å². The second-order valence-corrected chi connectivity index (χ2v) is 4.52. The molecular weight excluding hydrogens is 261 g/mol. The van der Waals surface area contributed by atoms with E-state index >= 15 is 0 Å². The minimum Gasteiger partial charge on any atom is -0.493 e. The number of hydrogen-bond donors (Lipinski definition) is 3. The van der Waals surface area contributed by atoms with E-state index in [1.807, 2.05) is 6.92 Å². The van der Waals surface area contributed by atoms with Crippen molar-refractivity contribution in [3.05, 3.63) is 46.3 Å². The topological polar surface area (TPSA) is 92.0 Å². The van der Waals surface area contributed by atoms with Gasteiger partial charge in [0.05, 0.1) is 6.04 Å². The van der Waals surface area contributed by atoms with E-state index in [0.717, 1.165) is 6.42 Å². The molecule has 0 aliphatic carbocycles. The maximum absolute atomic E-state index is 13.7. The number of benzene rings is 1. The van der Waals surface area contributed by atoms with Crippen molar-refractivity contribution in [3.63, 3.8) is 0 Å². The predicted octanol–water partition coefficient (Wildman–Crippen LogP) is 2.08. The van der Waals surface area contributed by atoms with Crippen molar-refractivity contribution >= 4 is 0 Å². The molecule has 0 aliphatic heterocycles. The summed E-state index contributed by atoms with van der Waals surface area (Å²) in [5.74, 6) is -0.907. The summed E-state index contributed by atoms with van der Waals surface area (Å²) in [5, 5.41) is 9.91. The molecule has 0 radical (unpaired) electrons. The summed E-state index contributed by atoms with van der Waals surface area (Å²) in [6.07, 6.45) is 1.45. The number of nitrogens with one attached hydrogen (secondary N) is 1. The molecule has 1 unspecified atom stereocenters. The lowest BCUT2D eigenvalue weighted by Crippen LogP contribution is -2.21. The van der Waals surface area contributed by atoms with E-state index in [0.29, 0.717) is 6.42 Å². The van der Waals surface area contributed by atoms with E-state index in [2.05, 4.69) is 9.97 Å². The number of nitrogens with zero attached hydrogens (tertiary/aromatic N) is 1. The molecule has 20 heavy (non-hydrogen) atoms. The van der Waals surface area contributed by atoms with Crippen molar-refractivity contribution in [1.82, 2.24) is 9.97 Å². The van der Waals surface area contributed by atoms with Crippen LogP contribution in [0.25, 0.3) is 11.1 Å². The van der Waals surface area contributed by atoms with Crippen molar-refractivity contribution in [2.75, 3.05) is 0 Å². The molecule has 0 saturated heterocycles. The summed E-state index contributed by atoms with van der Waals surface area (Å²) in [5.41, 5.74) is 5.06. The summed E-state index contributed by atoms with van der Waals surface area (Å²) in [6, 6.07) is 5.24. The Hall–Kier alpha value is -2.21. The van der Waals surface area contributed by atoms with Crippen LogP contribution in [0.15, 0.2) is 29.1 Å². The number of halogens is 1. The number of H-pyrrole nitrogens is 1. The summed E-state index contributed by atoms with van der Waals surface area (Å²) in [7, 11) is 0. The first kappa shape index (κ1) is 14.2. The van der Waals surface area contributed by atoms with Gasteiger partial charge in [-0.05, 0) is 12.5 Å².